The van der Waals surface area contributed by atoms with Crippen LogP contribution in [0.2, 0.25) is 0 Å². The molecule has 8 heteroatoms. The minimum absolute atomic E-state index is 0.0293. The van der Waals surface area contributed by atoms with E-state index in [1.54, 1.807) is 11.0 Å². The highest BCUT2D eigenvalue weighted by Gasteiger charge is 2.35. The lowest BCUT2D eigenvalue weighted by Gasteiger charge is -2.19. The lowest BCUT2D eigenvalue weighted by Crippen LogP contribution is -2.24. The summed E-state index contributed by atoms with van der Waals surface area (Å²) >= 11 is 0. The third-order valence-electron chi connectivity index (χ3n) is 6.07. The zero-order chi connectivity index (χ0) is 22.5. The molecule has 0 bridgehead atoms. The van der Waals surface area contributed by atoms with Gasteiger partial charge in [0.1, 0.15) is 11.2 Å². The van der Waals surface area contributed by atoms with Crippen LogP contribution >= 0.6 is 0 Å². The molecular formula is C24H23N3O4S. The highest BCUT2D eigenvalue weighted by atomic mass is 32.2. The number of nitrogens with zero attached hydrogens (tertiary/aromatic N) is 1. The van der Waals surface area contributed by atoms with Gasteiger partial charge in [-0.15, -0.1) is 0 Å². The number of carbonyl (C=O) groups is 1. The number of para-hydroxylation sites is 1. The monoisotopic (exact) mass is 449 g/mol. The van der Waals surface area contributed by atoms with Gasteiger partial charge in [-0.1, -0.05) is 42.5 Å². The van der Waals surface area contributed by atoms with Crippen LogP contribution in [0, 0.1) is 0 Å². The molecule has 1 unspecified atom stereocenters. The molecule has 3 aromatic carbocycles. The van der Waals surface area contributed by atoms with E-state index in [0.29, 0.717) is 41.7 Å². The number of fused-ring (bicyclic) bond motifs is 3. The number of benzene rings is 3. The summed E-state index contributed by atoms with van der Waals surface area (Å²) in [5.74, 6) is -0.350. The maximum Gasteiger partial charge on any atom is 0.238 e. The third kappa shape index (κ3) is 3.56. The fourth-order valence-corrected chi connectivity index (χ4v) is 5.50. The maximum atomic E-state index is 12.9. The molecular weight excluding hydrogens is 426 g/mol. The molecule has 0 spiro atoms. The van der Waals surface area contributed by atoms with E-state index in [-0.39, 0.29) is 23.1 Å². The number of hydrogen-bond donors (Lipinski definition) is 2. The SMILES string of the molecule is NCc1cccc(CN2CC(c3c(S(N)(=O)=O)ccc4oc5ccccc5c34)CC2=O)c1. The van der Waals surface area contributed by atoms with E-state index in [1.807, 2.05) is 48.5 Å². The van der Waals surface area contributed by atoms with Gasteiger partial charge in [-0.05, 0) is 34.9 Å². The van der Waals surface area contributed by atoms with Crippen molar-refractivity contribution in [3.05, 3.63) is 77.4 Å². The first-order valence-corrected chi connectivity index (χ1v) is 11.9. The van der Waals surface area contributed by atoms with Crippen LogP contribution in [0.15, 0.2) is 70.0 Å². The molecule has 1 aliphatic rings. The van der Waals surface area contributed by atoms with Gasteiger partial charge < -0.3 is 15.1 Å². The average molecular weight is 450 g/mol. The minimum Gasteiger partial charge on any atom is -0.456 e. The van der Waals surface area contributed by atoms with Crippen LogP contribution in [0.5, 0.6) is 0 Å². The molecule has 0 radical (unpaired) electrons. The van der Waals surface area contributed by atoms with Crippen LogP contribution in [0.3, 0.4) is 0 Å². The van der Waals surface area contributed by atoms with Gasteiger partial charge in [-0.25, -0.2) is 13.6 Å². The normalized spacial score (nSPS) is 17.0. The van der Waals surface area contributed by atoms with Gasteiger partial charge in [0.15, 0.2) is 0 Å². The van der Waals surface area contributed by atoms with Crippen LogP contribution in [-0.4, -0.2) is 25.8 Å². The van der Waals surface area contributed by atoms with Crippen molar-refractivity contribution in [2.75, 3.05) is 6.54 Å². The van der Waals surface area contributed by atoms with Crippen molar-refractivity contribution in [2.24, 2.45) is 10.9 Å². The Kier molecular flexibility index (Phi) is 5.00. The molecule has 0 saturated carbocycles. The third-order valence-corrected chi connectivity index (χ3v) is 7.04. The predicted molar refractivity (Wildman–Crippen MR) is 122 cm³/mol. The molecule has 164 valence electrons. The zero-order valence-corrected chi connectivity index (χ0v) is 18.1. The van der Waals surface area contributed by atoms with E-state index in [2.05, 4.69) is 0 Å². The van der Waals surface area contributed by atoms with Crippen molar-refractivity contribution >= 4 is 37.9 Å². The quantitative estimate of drug-likeness (QED) is 0.485. The summed E-state index contributed by atoms with van der Waals surface area (Å²) in [6, 6.07) is 18.4. The summed E-state index contributed by atoms with van der Waals surface area (Å²) in [5, 5.41) is 7.10. The van der Waals surface area contributed by atoms with Crippen molar-refractivity contribution in [3.63, 3.8) is 0 Å². The van der Waals surface area contributed by atoms with Gasteiger partial charge in [-0.3, -0.25) is 4.79 Å². The summed E-state index contributed by atoms with van der Waals surface area (Å²) in [6.45, 7) is 1.26. The molecule has 2 heterocycles. The Morgan fingerprint density at radius 2 is 1.78 bits per heavy atom. The van der Waals surface area contributed by atoms with E-state index >= 15 is 0 Å². The Labute approximate surface area is 185 Å². The molecule has 1 amide bonds. The van der Waals surface area contributed by atoms with Crippen LogP contribution < -0.4 is 10.9 Å². The molecule has 32 heavy (non-hydrogen) atoms. The van der Waals surface area contributed by atoms with E-state index in [1.165, 1.54) is 6.07 Å². The minimum atomic E-state index is -4.00. The highest BCUT2D eigenvalue weighted by molar-refractivity contribution is 7.89. The Hall–Kier alpha value is -3.20. The number of hydrogen-bond acceptors (Lipinski definition) is 5. The molecule has 1 aliphatic heterocycles. The fourth-order valence-electron chi connectivity index (χ4n) is 4.67. The topological polar surface area (TPSA) is 120 Å². The van der Waals surface area contributed by atoms with Crippen molar-refractivity contribution < 1.29 is 17.6 Å². The maximum absolute atomic E-state index is 12.9. The van der Waals surface area contributed by atoms with Crippen LogP contribution in [0.25, 0.3) is 21.9 Å². The molecule has 4 N–H and O–H groups in total. The summed E-state index contributed by atoms with van der Waals surface area (Å²) in [6.07, 6.45) is 0.206. The molecule has 1 atom stereocenters. The Balaban J connectivity index is 1.60. The number of carbonyl (C=O) groups excluding carboxylic acids is 1. The molecule has 4 aromatic rings. The smallest absolute Gasteiger partial charge is 0.238 e. The lowest BCUT2D eigenvalue weighted by atomic mass is 9.93. The molecule has 1 fully saturated rings. The van der Waals surface area contributed by atoms with E-state index in [0.717, 1.165) is 16.5 Å². The summed E-state index contributed by atoms with van der Waals surface area (Å²) in [7, 11) is -4.00. The predicted octanol–water partition coefficient (Wildman–Crippen LogP) is 3.21. The van der Waals surface area contributed by atoms with E-state index < -0.39 is 10.0 Å². The van der Waals surface area contributed by atoms with Crippen molar-refractivity contribution in [2.45, 2.75) is 30.3 Å². The molecule has 1 saturated heterocycles. The molecule has 1 aromatic heterocycles. The summed E-state index contributed by atoms with van der Waals surface area (Å²) in [4.78, 5) is 14.7. The molecule has 7 nitrogen and oxygen atoms in total. The first-order chi connectivity index (χ1) is 15.3. The van der Waals surface area contributed by atoms with Gasteiger partial charge >= 0.3 is 0 Å². The average Bonchev–Trinajstić information content (AvgIpc) is 3.32. The largest absolute Gasteiger partial charge is 0.456 e. The fraction of sp³-hybridized carbons (Fsp3) is 0.208. The first kappa shape index (κ1) is 20.7. The number of likely N-dealkylation sites (tertiary alicyclic amines) is 1. The van der Waals surface area contributed by atoms with Gasteiger partial charge in [-0.2, -0.15) is 0 Å². The number of primary sulfonamides is 1. The van der Waals surface area contributed by atoms with Crippen LogP contribution in [0.1, 0.15) is 29.0 Å². The Bertz CT molecular complexity index is 1460. The second-order valence-corrected chi connectivity index (χ2v) is 9.72. The van der Waals surface area contributed by atoms with E-state index in [4.69, 9.17) is 15.3 Å². The second-order valence-electron chi connectivity index (χ2n) is 8.19. The summed E-state index contributed by atoms with van der Waals surface area (Å²) in [5.41, 5.74) is 9.52. The van der Waals surface area contributed by atoms with Crippen LogP contribution in [-0.2, 0) is 27.9 Å². The lowest BCUT2D eigenvalue weighted by molar-refractivity contribution is -0.128. The van der Waals surface area contributed by atoms with Crippen LogP contribution in [0.4, 0.5) is 0 Å². The van der Waals surface area contributed by atoms with Crippen molar-refractivity contribution in [1.29, 1.82) is 0 Å². The van der Waals surface area contributed by atoms with E-state index in [9.17, 15) is 13.2 Å². The number of sulfonamides is 1. The number of furan rings is 1. The van der Waals surface area contributed by atoms with Crippen molar-refractivity contribution in [1.82, 2.24) is 4.90 Å². The standard InChI is InChI=1S/C24H23N3O4S/c25-12-15-4-3-5-16(10-15)13-27-14-17(11-22(27)28)23-21(32(26,29)30)9-8-20-24(23)18-6-1-2-7-19(18)31-20/h1-10,17H,11-14,25H2,(H2,26,29,30). The molecule has 5 rings (SSSR count). The van der Waals surface area contributed by atoms with Gasteiger partial charge in [0, 0.05) is 42.7 Å². The number of rotatable bonds is 5. The van der Waals surface area contributed by atoms with Gasteiger partial charge in [0.25, 0.3) is 0 Å². The second kappa shape index (κ2) is 7.74. The highest BCUT2D eigenvalue weighted by Crippen LogP contribution is 2.41. The molecule has 0 aliphatic carbocycles. The zero-order valence-electron chi connectivity index (χ0n) is 17.3. The number of nitrogens with two attached hydrogens (primary N) is 2. The van der Waals surface area contributed by atoms with Crippen molar-refractivity contribution in [3.8, 4) is 0 Å². The Morgan fingerprint density at radius 1 is 1.00 bits per heavy atom. The number of amides is 1. The van der Waals surface area contributed by atoms with Gasteiger partial charge in [0.2, 0.25) is 15.9 Å². The van der Waals surface area contributed by atoms with Gasteiger partial charge in [0.05, 0.1) is 4.90 Å². The first-order valence-electron chi connectivity index (χ1n) is 10.4. The Morgan fingerprint density at radius 3 is 2.56 bits per heavy atom. The summed E-state index contributed by atoms with van der Waals surface area (Å²) < 4.78 is 30.9.